The molecule has 2 aliphatic rings. The number of benzene rings is 2. The van der Waals surface area contributed by atoms with Crippen LogP contribution in [0.25, 0.3) is 0 Å². The van der Waals surface area contributed by atoms with Crippen LogP contribution in [-0.2, 0) is 27.1 Å². The van der Waals surface area contributed by atoms with Gasteiger partial charge in [-0.2, -0.15) is 13.2 Å². The fourth-order valence-corrected chi connectivity index (χ4v) is 5.16. The van der Waals surface area contributed by atoms with Gasteiger partial charge in [0.25, 0.3) is 0 Å². The number of esters is 1. The lowest BCUT2D eigenvalue weighted by molar-refractivity contribution is -0.138. The molecule has 0 radical (unpaired) electrons. The van der Waals surface area contributed by atoms with Gasteiger partial charge in [-0.3, -0.25) is 4.79 Å². The van der Waals surface area contributed by atoms with E-state index in [9.17, 15) is 22.8 Å². The van der Waals surface area contributed by atoms with E-state index < -0.39 is 23.6 Å². The minimum atomic E-state index is -4.49. The van der Waals surface area contributed by atoms with E-state index in [0.717, 1.165) is 17.8 Å². The zero-order valence-corrected chi connectivity index (χ0v) is 21.9. The minimum Gasteiger partial charge on any atom is -0.496 e. The number of carbonyl (C=O) groups excluding carboxylic acids is 2. The van der Waals surface area contributed by atoms with Crippen molar-refractivity contribution in [3.8, 4) is 11.5 Å². The zero-order valence-electron chi connectivity index (χ0n) is 21.9. The molecule has 0 unspecified atom stereocenters. The molecule has 1 aliphatic carbocycles. The van der Waals surface area contributed by atoms with Gasteiger partial charge in [-0.1, -0.05) is 26.0 Å². The fourth-order valence-electron chi connectivity index (χ4n) is 5.16. The molecule has 202 valence electrons. The summed E-state index contributed by atoms with van der Waals surface area (Å²) in [5, 5.41) is 3.27. The molecule has 0 spiro atoms. The molecule has 1 heterocycles. The van der Waals surface area contributed by atoms with E-state index in [4.69, 9.17) is 14.2 Å². The predicted molar refractivity (Wildman–Crippen MR) is 134 cm³/mol. The van der Waals surface area contributed by atoms with Crippen LogP contribution in [0.3, 0.4) is 0 Å². The molecular formula is C29H30F3NO5. The van der Waals surface area contributed by atoms with Gasteiger partial charge in [0.2, 0.25) is 0 Å². The number of Topliss-reactive ketones (excluding diaryl/α,β-unsaturated/α-hetero) is 1. The molecule has 0 bridgehead atoms. The third-order valence-electron chi connectivity index (χ3n) is 6.84. The van der Waals surface area contributed by atoms with Gasteiger partial charge in [0.1, 0.15) is 18.1 Å². The molecule has 38 heavy (non-hydrogen) atoms. The topological polar surface area (TPSA) is 73.9 Å². The first-order valence-electron chi connectivity index (χ1n) is 12.1. The molecule has 1 N–H and O–H groups in total. The number of hydrogen-bond acceptors (Lipinski definition) is 6. The summed E-state index contributed by atoms with van der Waals surface area (Å²) in [4.78, 5) is 26.3. The molecule has 0 aromatic heterocycles. The Morgan fingerprint density at radius 1 is 1.11 bits per heavy atom. The highest BCUT2D eigenvalue weighted by Gasteiger charge is 2.43. The maximum absolute atomic E-state index is 13.4. The van der Waals surface area contributed by atoms with E-state index >= 15 is 0 Å². The number of ketones is 1. The second-order valence-corrected chi connectivity index (χ2v) is 10.3. The van der Waals surface area contributed by atoms with Crippen LogP contribution < -0.4 is 14.8 Å². The SMILES string of the molecule is COC(=O)C1=C(C)NC2=C(C(=O)CC(C)(C)C2)[C@H]1c1ccc(OC)c(COc2cccc(C(F)(F)F)c2)c1. The molecule has 2 aromatic rings. The Morgan fingerprint density at radius 3 is 2.50 bits per heavy atom. The van der Waals surface area contributed by atoms with Gasteiger partial charge in [-0.05, 0) is 54.7 Å². The maximum Gasteiger partial charge on any atom is 0.416 e. The van der Waals surface area contributed by atoms with Crippen molar-refractivity contribution in [2.24, 2.45) is 5.41 Å². The lowest BCUT2D eigenvalue weighted by Crippen LogP contribution is -2.38. The Morgan fingerprint density at radius 2 is 1.84 bits per heavy atom. The van der Waals surface area contributed by atoms with Crippen molar-refractivity contribution in [2.75, 3.05) is 14.2 Å². The first kappa shape index (κ1) is 27.3. The summed E-state index contributed by atoms with van der Waals surface area (Å²) in [5.74, 6) is -0.780. The van der Waals surface area contributed by atoms with Crippen molar-refractivity contribution in [3.63, 3.8) is 0 Å². The summed E-state index contributed by atoms with van der Waals surface area (Å²) >= 11 is 0. The average molecular weight is 530 g/mol. The summed E-state index contributed by atoms with van der Waals surface area (Å²) in [7, 11) is 2.77. The Balaban J connectivity index is 1.76. The molecule has 0 saturated heterocycles. The maximum atomic E-state index is 13.4. The number of hydrogen-bond donors (Lipinski definition) is 1. The lowest BCUT2D eigenvalue weighted by atomic mass is 9.68. The highest BCUT2D eigenvalue weighted by atomic mass is 19.4. The van der Waals surface area contributed by atoms with Crippen molar-refractivity contribution in [3.05, 3.63) is 81.7 Å². The largest absolute Gasteiger partial charge is 0.496 e. The van der Waals surface area contributed by atoms with Crippen molar-refractivity contribution >= 4 is 11.8 Å². The van der Waals surface area contributed by atoms with Crippen LogP contribution in [0.5, 0.6) is 11.5 Å². The molecule has 9 heteroatoms. The first-order valence-corrected chi connectivity index (χ1v) is 12.1. The number of nitrogens with one attached hydrogen (secondary N) is 1. The highest BCUT2D eigenvalue weighted by molar-refractivity contribution is 6.04. The minimum absolute atomic E-state index is 0.0508. The van der Waals surface area contributed by atoms with Crippen LogP contribution in [0.15, 0.2) is 65.0 Å². The Hall–Kier alpha value is -3.75. The lowest BCUT2D eigenvalue weighted by Gasteiger charge is -2.39. The smallest absolute Gasteiger partial charge is 0.416 e. The van der Waals surface area contributed by atoms with Crippen molar-refractivity contribution in [1.82, 2.24) is 5.32 Å². The van der Waals surface area contributed by atoms with Gasteiger partial charge in [-0.15, -0.1) is 0 Å². The van der Waals surface area contributed by atoms with E-state index in [1.807, 2.05) is 13.8 Å². The normalized spacial score (nSPS) is 19.1. The van der Waals surface area contributed by atoms with Crippen LogP contribution >= 0.6 is 0 Å². The average Bonchev–Trinajstić information content (AvgIpc) is 2.85. The second kappa shape index (κ2) is 10.2. The van der Waals surface area contributed by atoms with E-state index in [1.165, 1.54) is 26.4 Å². The number of ether oxygens (including phenoxy) is 3. The second-order valence-electron chi connectivity index (χ2n) is 10.3. The van der Waals surface area contributed by atoms with Crippen LogP contribution in [0.1, 0.15) is 56.2 Å². The third-order valence-corrected chi connectivity index (χ3v) is 6.84. The quantitative estimate of drug-likeness (QED) is 0.458. The van der Waals surface area contributed by atoms with E-state index in [0.29, 0.717) is 46.6 Å². The monoisotopic (exact) mass is 529 g/mol. The highest BCUT2D eigenvalue weighted by Crippen LogP contribution is 2.47. The van der Waals surface area contributed by atoms with Gasteiger partial charge in [-0.25, -0.2) is 4.79 Å². The molecule has 6 nitrogen and oxygen atoms in total. The van der Waals surface area contributed by atoms with Crippen LogP contribution in [0.2, 0.25) is 0 Å². The Labute approximate surface area is 219 Å². The number of halogens is 3. The van der Waals surface area contributed by atoms with Crippen molar-refractivity contribution in [1.29, 1.82) is 0 Å². The summed E-state index contributed by atoms with van der Waals surface area (Å²) in [6.45, 7) is 5.73. The number of methoxy groups -OCH3 is 2. The third kappa shape index (κ3) is 5.42. The van der Waals surface area contributed by atoms with Crippen molar-refractivity contribution < 1.29 is 37.0 Å². The summed E-state index contributed by atoms with van der Waals surface area (Å²) in [6.07, 6.45) is -3.52. The van der Waals surface area contributed by atoms with Gasteiger partial charge >= 0.3 is 12.1 Å². The summed E-state index contributed by atoms with van der Waals surface area (Å²) in [6, 6.07) is 9.86. The Bertz CT molecular complexity index is 1340. The first-order chi connectivity index (χ1) is 17.8. The number of alkyl halides is 3. The number of allylic oxidation sites excluding steroid dienone is 3. The van der Waals surface area contributed by atoms with Gasteiger partial charge in [0.15, 0.2) is 5.78 Å². The molecular weight excluding hydrogens is 499 g/mol. The van der Waals surface area contributed by atoms with Crippen LogP contribution in [0.4, 0.5) is 13.2 Å². The summed E-state index contributed by atoms with van der Waals surface area (Å²) < 4.78 is 55.7. The molecule has 0 amide bonds. The van der Waals surface area contributed by atoms with Crippen LogP contribution in [-0.4, -0.2) is 26.0 Å². The summed E-state index contributed by atoms with van der Waals surface area (Å²) in [5.41, 5.74) is 2.37. The molecule has 4 rings (SSSR count). The number of carbonyl (C=O) groups is 2. The van der Waals surface area contributed by atoms with Gasteiger partial charge < -0.3 is 19.5 Å². The number of rotatable bonds is 6. The standard InChI is InChI=1S/C29H30F3NO5/c1-16-24(27(35)37-5)25(26-21(33-16)13-28(2,3)14-22(26)34)17-9-10-23(36-4)18(11-17)15-38-20-8-6-7-19(12-20)29(30,31)32/h6-12,25,33H,13-15H2,1-5H3/t25-/m0/s1. The zero-order chi connectivity index (χ0) is 27.8. The molecule has 0 saturated carbocycles. The van der Waals surface area contributed by atoms with Crippen LogP contribution in [0, 0.1) is 5.41 Å². The molecule has 2 aromatic carbocycles. The van der Waals surface area contributed by atoms with Crippen molar-refractivity contribution in [2.45, 2.75) is 52.3 Å². The molecule has 0 fully saturated rings. The van der Waals surface area contributed by atoms with E-state index in [1.54, 1.807) is 25.1 Å². The molecule has 1 aliphatic heterocycles. The molecule has 1 atom stereocenters. The van der Waals surface area contributed by atoms with Gasteiger partial charge in [0, 0.05) is 34.9 Å². The van der Waals surface area contributed by atoms with E-state index in [-0.39, 0.29) is 23.6 Å². The Kier molecular flexibility index (Phi) is 7.32. The van der Waals surface area contributed by atoms with E-state index in [2.05, 4.69) is 5.32 Å². The predicted octanol–water partition coefficient (Wildman–Crippen LogP) is 6.07. The van der Waals surface area contributed by atoms with Gasteiger partial charge in [0.05, 0.1) is 25.4 Å². The fraction of sp³-hybridized carbons (Fsp3) is 0.379. The number of dihydropyridines is 1.